The number of pyridine rings is 1. The molecule has 0 aliphatic carbocycles. The van der Waals surface area contributed by atoms with Gasteiger partial charge in [-0.05, 0) is 36.2 Å². The minimum atomic E-state index is -3.32. The molecule has 1 heterocycles. The summed E-state index contributed by atoms with van der Waals surface area (Å²) < 4.78 is 36.4. The van der Waals surface area contributed by atoms with E-state index in [1.165, 1.54) is 18.4 Å². The summed E-state index contributed by atoms with van der Waals surface area (Å²) in [5.74, 6) is 0.165. The average molecular weight is 308 g/mol. The Morgan fingerprint density at radius 1 is 1.19 bits per heavy atom. The van der Waals surface area contributed by atoms with Crippen molar-refractivity contribution in [1.29, 1.82) is 0 Å². The van der Waals surface area contributed by atoms with Gasteiger partial charge < -0.3 is 4.90 Å². The Bertz CT molecular complexity index is 715. The Morgan fingerprint density at radius 2 is 1.86 bits per heavy atom. The maximum atomic E-state index is 12.8. The molecule has 21 heavy (non-hydrogen) atoms. The van der Waals surface area contributed by atoms with Gasteiger partial charge in [0, 0.05) is 26.0 Å². The van der Waals surface area contributed by atoms with Crippen molar-refractivity contribution in [3.05, 3.63) is 54.0 Å². The summed E-state index contributed by atoms with van der Waals surface area (Å²) in [6.45, 7) is 0.588. The van der Waals surface area contributed by atoms with Gasteiger partial charge in [-0.2, -0.15) is 0 Å². The predicted octanol–water partition coefficient (Wildman–Crippen LogP) is 2.30. The van der Waals surface area contributed by atoms with E-state index in [4.69, 9.17) is 0 Å². The average Bonchev–Trinajstić information content (AvgIpc) is 2.45. The van der Waals surface area contributed by atoms with Crippen LogP contribution in [0.1, 0.15) is 5.56 Å². The zero-order chi connectivity index (χ0) is 15.5. The first-order valence-electron chi connectivity index (χ1n) is 6.48. The van der Waals surface area contributed by atoms with Crippen LogP contribution in [0.15, 0.2) is 47.5 Å². The lowest BCUT2D eigenvalue weighted by Crippen LogP contribution is -2.23. The van der Waals surface area contributed by atoms with Crippen LogP contribution in [0.5, 0.6) is 0 Å². The minimum absolute atomic E-state index is 0.214. The Hall–Kier alpha value is -1.95. The van der Waals surface area contributed by atoms with Gasteiger partial charge in [-0.25, -0.2) is 17.8 Å². The molecule has 2 rings (SSSR count). The SMILES string of the molecule is CN(CCc1ccc(F)cc1)c1ncccc1S(C)(=O)=O. The quantitative estimate of drug-likeness (QED) is 0.850. The zero-order valence-corrected chi connectivity index (χ0v) is 12.8. The van der Waals surface area contributed by atoms with E-state index in [2.05, 4.69) is 4.98 Å². The van der Waals surface area contributed by atoms with Gasteiger partial charge in [0.05, 0.1) is 0 Å². The summed E-state index contributed by atoms with van der Waals surface area (Å²) in [6, 6.07) is 9.42. The molecule has 0 unspecified atom stereocenters. The molecule has 0 fully saturated rings. The highest BCUT2D eigenvalue weighted by molar-refractivity contribution is 7.90. The number of hydrogen-bond acceptors (Lipinski definition) is 4. The number of likely N-dealkylation sites (N-methyl/N-ethyl adjacent to an activating group) is 1. The lowest BCUT2D eigenvalue weighted by molar-refractivity contribution is 0.601. The topological polar surface area (TPSA) is 50.3 Å². The molecule has 0 aliphatic heterocycles. The Balaban J connectivity index is 2.14. The van der Waals surface area contributed by atoms with Crippen molar-refractivity contribution in [1.82, 2.24) is 4.98 Å². The molecule has 0 atom stereocenters. The number of aromatic nitrogens is 1. The molecule has 2 aromatic rings. The van der Waals surface area contributed by atoms with Gasteiger partial charge in [-0.15, -0.1) is 0 Å². The molecule has 4 nitrogen and oxygen atoms in total. The third-order valence-electron chi connectivity index (χ3n) is 3.16. The normalized spacial score (nSPS) is 11.4. The number of benzene rings is 1. The molecule has 1 aromatic carbocycles. The maximum absolute atomic E-state index is 12.8. The monoisotopic (exact) mass is 308 g/mol. The van der Waals surface area contributed by atoms with E-state index in [9.17, 15) is 12.8 Å². The maximum Gasteiger partial charge on any atom is 0.179 e. The van der Waals surface area contributed by atoms with Crippen LogP contribution in [0.25, 0.3) is 0 Å². The molecule has 0 aliphatic rings. The number of anilines is 1. The smallest absolute Gasteiger partial charge is 0.179 e. The summed E-state index contributed by atoms with van der Waals surface area (Å²) in [7, 11) is -1.53. The fraction of sp³-hybridized carbons (Fsp3) is 0.267. The number of sulfone groups is 1. The van der Waals surface area contributed by atoms with E-state index in [0.29, 0.717) is 18.8 Å². The molecule has 1 aromatic heterocycles. The number of hydrogen-bond donors (Lipinski definition) is 0. The van der Waals surface area contributed by atoms with Crippen LogP contribution in [0.4, 0.5) is 10.2 Å². The van der Waals surface area contributed by atoms with E-state index in [0.717, 1.165) is 5.56 Å². The summed E-state index contributed by atoms with van der Waals surface area (Å²) in [5, 5.41) is 0. The minimum Gasteiger partial charge on any atom is -0.358 e. The van der Waals surface area contributed by atoms with Crippen molar-refractivity contribution in [2.75, 3.05) is 24.7 Å². The first-order valence-corrected chi connectivity index (χ1v) is 8.38. The molecular weight excluding hydrogens is 291 g/mol. The van der Waals surface area contributed by atoms with Crippen molar-refractivity contribution in [3.63, 3.8) is 0 Å². The largest absolute Gasteiger partial charge is 0.358 e. The van der Waals surface area contributed by atoms with Crippen molar-refractivity contribution in [3.8, 4) is 0 Å². The highest BCUT2D eigenvalue weighted by Gasteiger charge is 2.16. The summed E-state index contributed by atoms with van der Waals surface area (Å²) in [5.41, 5.74) is 0.986. The molecule has 0 amide bonds. The fourth-order valence-corrected chi connectivity index (χ4v) is 2.88. The molecular formula is C15H17FN2O2S. The molecule has 6 heteroatoms. The van der Waals surface area contributed by atoms with E-state index >= 15 is 0 Å². The van der Waals surface area contributed by atoms with Gasteiger partial charge in [0.15, 0.2) is 9.84 Å². The third-order valence-corrected chi connectivity index (χ3v) is 4.28. The fourth-order valence-electron chi connectivity index (χ4n) is 2.01. The zero-order valence-electron chi connectivity index (χ0n) is 12.0. The molecule has 0 radical (unpaired) electrons. The first-order chi connectivity index (χ1) is 9.88. The standard InChI is InChI=1S/C15H17FN2O2S/c1-18(11-9-12-5-7-13(16)8-6-12)15-14(21(2,19)20)4-3-10-17-15/h3-8,10H,9,11H2,1-2H3. The number of nitrogens with zero attached hydrogens (tertiary/aromatic N) is 2. The van der Waals surface area contributed by atoms with Crippen LogP contribution in [-0.4, -0.2) is 33.2 Å². The Labute approximate surface area is 124 Å². The molecule has 112 valence electrons. The third kappa shape index (κ3) is 4.01. The van der Waals surface area contributed by atoms with Crippen LogP contribution in [0.2, 0.25) is 0 Å². The van der Waals surface area contributed by atoms with E-state index in [-0.39, 0.29) is 10.7 Å². The number of halogens is 1. The molecule has 0 saturated heterocycles. The van der Waals surface area contributed by atoms with Crippen LogP contribution in [0, 0.1) is 5.82 Å². The Kier molecular flexibility index (Phi) is 4.57. The first kappa shape index (κ1) is 15.4. The molecule has 0 saturated carbocycles. The van der Waals surface area contributed by atoms with Gasteiger partial charge in [0.1, 0.15) is 16.5 Å². The van der Waals surface area contributed by atoms with Crippen LogP contribution >= 0.6 is 0 Å². The van der Waals surface area contributed by atoms with Crippen LogP contribution < -0.4 is 4.90 Å². The van der Waals surface area contributed by atoms with Crippen molar-refractivity contribution in [2.24, 2.45) is 0 Å². The highest BCUT2D eigenvalue weighted by Crippen LogP contribution is 2.21. The second-order valence-electron chi connectivity index (χ2n) is 4.90. The van der Waals surface area contributed by atoms with Gasteiger partial charge in [0.25, 0.3) is 0 Å². The lowest BCUT2D eigenvalue weighted by atomic mass is 10.1. The molecule has 0 bridgehead atoms. The van der Waals surface area contributed by atoms with Crippen molar-refractivity contribution >= 4 is 15.7 Å². The predicted molar refractivity (Wildman–Crippen MR) is 80.7 cm³/mol. The lowest BCUT2D eigenvalue weighted by Gasteiger charge is -2.20. The van der Waals surface area contributed by atoms with Crippen molar-refractivity contribution < 1.29 is 12.8 Å². The van der Waals surface area contributed by atoms with E-state index in [1.54, 1.807) is 42.4 Å². The second kappa shape index (κ2) is 6.22. The van der Waals surface area contributed by atoms with Crippen LogP contribution in [0.3, 0.4) is 0 Å². The summed E-state index contributed by atoms with van der Waals surface area (Å²) in [6.07, 6.45) is 3.41. The molecule has 0 spiro atoms. The van der Waals surface area contributed by atoms with Crippen molar-refractivity contribution in [2.45, 2.75) is 11.3 Å². The van der Waals surface area contributed by atoms with E-state index < -0.39 is 9.84 Å². The second-order valence-corrected chi connectivity index (χ2v) is 6.88. The summed E-state index contributed by atoms with van der Waals surface area (Å²) >= 11 is 0. The Morgan fingerprint density at radius 3 is 2.48 bits per heavy atom. The number of rotatable bonds is 5. The van der Waals surface area contributed by atoms with Crippen LogP contribution in [-0.2, 0) is 16.3 Å². The van der Waals surface area contributed by atoms with Gasteiger partial charge in [-0.1, -0.05) is 12.1 Å². The highest BCUT2D eigenvalue weighted by atomic mass is 32.2. The van der Waals surface area contributed by atoms with Gasteiger partial charge in [-0.3, -0.25) is 0 Å². The molecule has 0 N–H and O–H groups in total. The van der Waals surface area contributed by atoms with Gasteiger partial charge >= 0.3 is 0 Å². The van der Waals surface area contributed by atoms with E-state index in [1.807, 2.05) is 0 Å². The summed E-state index contributed by atoms with van der Waals surface area (Å²) in [4.78, 5) is 6.16. The van der Waals surface area contributed by atoms with Gasteiger partial charge in [0.2, 0.25) is 0 Å².